The van der Waals surface area contributed by atoms with Crippen molar-refractivity contribution >= 4 is 33.0 Å². The van der Waals surface area contributed by atoms with Crippen LogP contribution in [0.2, 0.25) is 0 Å². The summed E-state index contributed by atoms with van der Waals surface area (Å²) >= 11 is 3.40. The minimum Gasteiger partial charge on any atom is -0.490 e. The van der Waals surface area contributed by atoms with Gasteiger partial charge in [0, 0.05) is 10.0 Å². The Kier molecular flexibility index (Phi) is 7.41. The lowest BCUT2D eigenvalue weighted by atomic mass is 10.1. The van der Waals surface area contributed by atoms with Crippen molar-refractivity contribution in [1.29, 1.82) is 0 Å². The third-order valence-corrected chi connectivity index (χ3v) is 4.95. The second kappa shape index (κ2) is 10.2. The van der Waals surface area contributed by atoms with E-state index in [1.54, 1.807) is 37.4 Å². The molecule has 0 atom stereocenters. The van der Waals surface area contributed by atoms with Gasteiger partial charge in [0.1, 0.15) is 12.4 Å². The molecule has 7 heteroatoms. The summed E-state index contributed by atoms with van der Waals surface area (Å²) in [5.74, 6) is 1.76. The molecule has 0 spiro atoms. The van der Waals surface area contributed by atoms with Crippen LogP contribution in [-0.4, -0.2) is 29.1 Å². The molecule has 0 aliphatic heterocycles. The Balaban J connectivity index is 2.08. The lowest BCUT2D eigenvalue weighted by molar-refractivity contribution is 0.295. The van der Waals surface area contributed by atoms with E-state index in [9.17, 15) is 4.79 Å². The number of benzene rings is 2. The Morgan fingerprint density at radius 2 is 2.00 bits per heavy atom. The van der Waals surface area contributed by atoms with E-state index < -0.39 is 0 Å². The van der Waals surface area contributed by atoms with Crippen molar-refractivity contribution in [2.24, 2.45) is 5.10 Å². The largest absolute Gasteiger partial charge is 0.490 e. The molecule has 1 heterocycles. The highest BCUT2D eigenvalue weighted by Crippen LogP contribution is 2.33. The molecule has 0 aliphatic carbocycles. The van der Waals surface area contributed by atoms with Crippen molar-refractivity contribution in [3.05, 3.63) is 87.4 Å². The molecule has 160 valence electrons. The zero-order valence-corrected chi connectivity index (χ0v) is 19.2. The van der Waals surface area contributed by atoms with Gasteiger partial charge in [-0.1, -0.05) is 34.7 Å². The van der Waals surface area contributed by atoms with Gasteiger partial charge in [0.2, 0.25) is 0 Å². The van der Waals surface area contributed by atoms with E-state index in [0.29, 0.717) is 47.9 Å². The molecule has 0 saturated heterocycles. The number of fused-ring (bicyclic) bond motifs is 1. The Morgan fingerprint density at radius 1 is 1.19 bits per heavy atom. The van der Waals surface area contributed by atoms with Crippen LogP contribution in [0.3, 0.4) is 0 Å². The Bertz CT molecular complexity index is 1210. The third-order valence-electron chi connectivity index (χ3n) is 4.46. The van der Waals surface area contributed by atoms with Gasteiger partial charge in [0.15, 0.2) is 11.5 Å². The van der Waals surface area contributed by atoms with Gasteiger partial charge in [-0.05, 0) is 56.2 Å². The number of allylic oxidation sites excluding steroid dienone is 1. The predicted octanol–water partition coefficient (Wildman–Crippen LogP) is 5.04. The van der Waals surface area contributed by atoms with E-state index in [1.807, 2.05) is 25.1 Å². The molecule has 0 fully saturated rings. The smallest absolute Gasteiger partial charge is 0.282 e. The molecular formula is C24H24BrN3O3. The first-order chi connectivity index (χ1) is 15.0. The Morgan fingerprint density at radius 3 is 2.71 bits per heavy atom. The maximum atomic E-state index is 13.0. The number of rotatable bonds is 9. The van der Waals surface area contributed by atoms with Crippen LogP contribution >= 0.6 is 15.9 Å². The summed E-state index contributed by atoms with van der Waals surface area (Å²) in [4.78, 5) is 17.4. The molecule has 0 saturated carbocycles. The fraction of sp³-hybridized carbons (Fsp3) is 0.208. The minimum atomic E-state index is -0.234. The van der Waals surface area contributed by atoms with Crippen molar-refractivity contribution in [3.63, 3.8) is 0 Å². The summed E-state index contributed by atoms with van der Waals surface area (Å²) in [5.41, 5.74) is 2.08. The number of hydrogen-bond donors (Lipinski definition) is 0. The second-order valence-electron chi connectivity index (χ2n) is 6.71. The molecule has 1 aromatic heterocycles. The minimum absolute atomic E-state index is 0.234. The molecule has 0 amide bonds. The zero-order chi connectivity index (χ0) is 22.4. The first-order valence-electron chi connectivity index (χ1n) is 9.86. The van der Waals surface area contributed by atoms with Gasteiger partial charge in [0.05, 0.1) is 23.7 Å². The van der Waals surface area contributed by atoms with Gasteiger partial charge in [-0.25, -0.2) is 4.98 Å². The summed E-state index contributed by atoms with van der Waals surface area (Å²) in [7, 11) is 0. The number of halogens is 1. The standard InChI is InChI=1S/C24H24BrN3O3/c1-5-8-18-12-17(13-22(30-7-3)23(18)31-11-6-2)15-26-28-16(4)27-21-10-9-19(25)14-20(21)24(28)29/h5-6,9-10,12-15H,1-2,7-8,11H2,3-4H3. The van der Waals surface area contributed by atoms with Crippen LogP contribution in [-0.2, 0) is 6.42 Å². The van der Waals surface area contributed by atoms with Gasteiger partial charge >= 0.3 is 0 Å². The maximum absolute atomic E-state index is 13.0. The van der Waals surface area contributed by atoms with Gasteiger partial charge in [-0.2, -0.15) is 9.78 Å². The quantitative estimate of drug-likeness (QED) is 0.317. The second-order valence-corrected chi connectivity index (χ2v) is 7.63. The number of ether oxygens (including phenoxy) is 2. The van der Waals surface area contributed by atoms with Crippen LogP contribution in [0.25, 0.3) is 10.9 Å². The van der Waals surface area contributed by atoms with E-state index in [2.05, 4.69) is 39.2 Å². The average molecular weight is 482 g/mol. The SMILES string of the molecule is C=CCOc1c(CC=C)cc(C=Nn2c(C)nc3ccc(Br)cc3c2=O)cc1OCC. The first-order valence-corrected chi connectivity index (χ1v) is 10.6. The van der Waals surface area contributed by atoms with Crippen LogP contribution < -0.4 is 15.0 Å². The summed E-state index contributed by atoms with van der Waals surface area (Å²) < 4.78 is 13.7. The number of aromatic nitrogens is 2. The lowest BCUT2D eigenvalue weighted by Crippen LogP contribution is -2.20. The van der Waals surface area contributed by atoms with E-state index >= 15 is 0 Å². The van der Waals surface area contributed by atoms with E-state index in [-0.39, 0.29) is 5.56 Å². The Labute approximate surface area is 189 Å². The van der Waals surface area contributed by atoms with Crippen molar-refractivity contribution in [2.45, 2.75) is 20.3 Å². The van der Waals surface area contributed by atoms with Gasteiger partial charge in [-0.15, -0.1) is 6.58 Å². The molecule has 3 rings (SSSR count). The summed E-state index contributed by atoms with van der Waals surface area (Å²) in [6.45, 7) is 12.0. The highest BCUT2D eigenvalue weighted by atomic mass is 79.9. The molecular weight excluding hydrogens is 458 g/mol. The van der Waals surface area contributed by atoms with E-state index in [4.69, 9.17) is 9.47 Å². The highest BCUT2D eigenvalue weighted by molar-refractivity contribution is 9.10. The lowest BCUT2D eigenvalue weighted by Gasteiger charge is -2.16. The molecule has 0 unspecified atom stereocenters. The molecule has 31 heavy (non-hydrogen) atoms. The number of nitrogens with zero attached hydrogens (tertiary/aromatic N) is 3. The van der Waals surface area contributed by atoms with Crippen molar-refractivity contribution in [1.82, 2.24) is 9.66 Å². The fourth-order valence-electron chi connectivity index (χ4n) is 3.15. The molecule has 0 bridgehead atoms. The summed E-state index contributed by atoms with van der Waals surface area (Å²) in [6, 6.07) is 9.19. The maximum Gasteiger partial charge on any atom is 0.282 e. The monoisotopic (exact) mass is 481 g/mol. The van der Waals surface area contributed by atoms with Crippen LogP contribution in [0.5, 0.6) is 11.5 Å². The van der Waals surface area contributed by atoms with Gasteiger partial charge in [-0.3, -0.25) is 4.79 Å². The van der Waals surface area contributed by atoms with Crippen molar-refractivity contribution in [2.75, 3.05) is 13.2 Å². The Hall–Kier alpha value is -3.19. The van der Waals surface area contributed by atoms with Crippen LogP contribution in [0.1, 0.15) is 23.9 Å². The van der Waals surface area contributed by atoms with Crippen molar-refractivity contribution in [3.8, 4) is 11.5 Å². The molecule has 0 N–H and O–H groups in total. The molecule has 0 radical (unpaired) electrons. The first kappa shape index (κ1) is 22.5. The molecule has 2 aromatic carbocycles. The zero-order valence-electron chi connectivity index (χ0n) is 17.6. The third kappa shape index (κ3) is 5.11. The van der Waals surface area contributed by atoms with E-state index in [0.717, 1.165) is 15.6 Å². The molecule has 6 nitrogen and oxygen atoms in total. The normalized spacial score (nSPS) is 11.1. The fourth-order valence-corrected chi connectivity index (χ4v) is 3.52. The van der Waals surface area contributed by atoms with E-state index in [1.165, 1.54) is 4.68 Å². The van der Waals surface area contributed by atoms with Crippen LogP contribution in [0, 0.1) is 6.92 Å². The van der Waals surface area contributed by atoms with Crippen LogP contribution in [0.4, 0.5) is 0 Å². The molecule has 0 aliphatic rings. The van der Waals surface area contributed by atoms with Crippen molar-refractivity contribution < 1.29 is 9.47 Å². The summed E-state index contributed by atoms with van der Waals surface area (Å²) in [6.07, 6.45) is 5.70. The number of hydrogen-bond acceptors (Lipinski definition) is 5. The van der Waals surface area contributed by atoms with Crippen LogP contribution in [0.15, 0.2) is 70.0 Å². The highest BCUT2D eigenvalue weighted by Gasteiger charge is 2.13. The topological polar surface area (TPSA) is 65.7 Å². The average Bonchev–Trinajstić information content (AvgIpc) is 2.74. The summed E-state index contributed by atoms with van der Waals surface area (Å²) in [5, 5.41) is 4.91. The predicted molar refractivity (Wildman–Crippen MR) is 129 cm³/mol. The van der Waals surface area contributed by atoms with Gasteiger partial charge in [0.25, 0.3) is 5.56 Å². The molecule has 3 aromatic rings. The number of aryl methyl sites for hydroxylation is 1. The van der Waals surface area contributed by atoms with Gasteiger partial charge < -0.3 is 9.47 Å².